The molecule has 0 aliphatic heterocycles. The largest absolute Gasteiger partial charge is 0.460 e. The van der Waals surface area contributed by atoms with E-state index in [1.54, 1.807) is 0 Å². The van der Waals surface area contributed by atoms with E-state index >= 15 is 0 Å². The molecule has 53 heavy (non-hydrogen) atoms. The Balaban J connectivity index is 1.14. The van der Waals surface area contributed by atoms with Crippen LogP contribution < -0.4 is 0 Å². The Morgan fingerprint density at radius 3 is 2.09 bits per heavy atom. The summed E-state index contributed by atoms with van der Waals surface area (Å²) in [6.45, 7) is 2.01. The minimum Gasteiger partial charge on any atom is -0.460 e. The van der Waals surface area contributed by atoms with Gasteiger partial charge in [0.2, 0.25) is 0 Å². The van der Waals surface area contributed by atoms with Crippen molar-refractivity contribution in [1.82, 2.24) is 15.0 Å². The van der Waals surface area contributed by atoms with Gasteiger partial charge < -0.3 is 8.83 Å². The van der Waals surface area contributed by atoms with Crippen molar-refractivity contribution < 1.29 is 8.83 Å². The van der Waals surface area contributed by atoms with Crippen LogP contribution in [0.5, 0.6) is 0 Å². The maximum Gasteiger partial charge on any atom is 0.164 e. The van der Waals surface area contributed by atoms with Gasteiger partial charge >= 0.3 is 0 Å². The normalized spacial score (nSPS) is 14.6. The summed E-state index contributed by atoms with van der Waals surface area (Å²) in [5, 5.41) is 5.61. The first-order chi connectivity index (χ1) is 26.2. The Kier molecular flexibility index (Phi) is 7.43. The highest BCUT2D eigenvalue weighted by molar-refractivity contribution is 6.11. The van der Waals surface area contributed by atoms with E-state index in [-0.39, 0.29) is 5.92 Å². The van der Waals surface area contributed by atoms with Gasteiger partial charge in [-0.15, -0.1) is 0 Å². The van der Waals surface area contributed by atoms with Crippen LogP contribution >= 0.6 is 0 Å². The first-order valence-corrected chi connectivity index (χ1v) is 18.0. The second kappa shape index (κ2) is 12.7. The maximum absolute atomic E-state index is 6.81. The number of benzene rings is 6. The standard InChI is InChI=1S/C48H33N3O2/c1-2-3-5-13-30-22-24-32(25-23-30)47-49-46(31-14-6-4-7-15-31)50-48(51-47)39-27-26-37(45-43(39)38-18-10-11-21-41(38)52-45)35-19-12-20-36-40-28-33-16-8-9-17-34(33)29-42(40)53-44(35)36/h2-25,27-29,37H,26H2,1H3/b3-2-,13-5-. The Bertz CT molecular complexity index is 2930. The summed E-state index contributed by atoms with van der Waals surface area (Å²) in [7, 11) is 0. The molecule has 3 aromatic heterocycles. The summed E-state index contributed by atoms with van der Waals surface area (Å²) in [4.78, 5) is 15.3. The fourth-order valence-electron chi connectivity index (χ4n) is 7.65. The molecule has 9 aromatic rings. The molecular formula is C48H33N3O2. The molecule has 1 unspecified atom stereocenters. The number of para-hydroxylation sites is 2. The second-order valence-corrected chi connectivity index (χ2v) is 13.4. The van der Waals surface area contributed by atoms with Gasteiger partial charge in [0.05, 0.1) is 0 Å². The number of fused-ring (bicyclic) bond motifs is 7. The van der Waals surface area contributed by atoms with Gasteiger partial charge in [-0.3, -0.25) is 0 Å². The van der Waals surface area contributed by atoms with E-state index in [9.17, 15) is 0 Å². The molecule has 252 valence electrons. The van der Waals surface area contributed by atoms with Crippen LogP contribution in [-0.2, 0) is 0 Å². The van der Waals surface area contributed by atoms with E-state index in [2.05, 4.69) is 103 Å². The molecule has 10 rings (SSSR count). The molecule has 6 aromatic carbocycles. The second-order valence-electron chi connectivity index (χ2n) is 13.4. The molecule has 5 nitrogen and oxygen atoms in total. The molecule has 0 bridgehead atoms. The number of rotatable bonds is 6. The van der Waals surface area contributed by atoms with Crippen LogP contribution in [0.1, 0.15) is 47.5 Å². The first kappa shape index (κ1) is 30.9. The zero-order valence-corrected chi connectivity index (χ0v) is 29.0. The summed E-state index contributed by atoms with van der Waals surface area (Å²) >= 11 is 0. The van der Waals surface area contributed by atoms with E-state index in [1.165, 1.54) is 5.39 Å². The topological polar surface area (TPSA) is 65.0 Å². The molecule has 0 saturated heterocycles. The highest BCUT2D eigenvalue weighted by Crippen LogP contribution is 2.48. The van der Waals surface area contributed by atoms with Gasteiger partial charge in [-0.2, -0.15) is 0 Å². The van der Waals surface area contributed by atoms with Crippen molar-refractivity contribution in [2.75, 3.05) is 0 Å². The van der Waals surface area contributed by atoms with Gasteiger partial charge in [0.15, 0.2) is 17.5 Å². The lowest BCUT2D eigenvalue weighted by Gasteiger charge is -2.22. The van der Waals surface area contributed by atoms with E-state index in [1.807, 2.05) is 67.6 Å². The Morgan fingerprint density at radius 1 is 0.585 bits per heavy atom. The van der Waals surface area contributed by atoms with Crippen molar-refractivity contribution in [2.24, 2.45) is 0 Å². The minimum absolute atomic E-state index is 0.0714. The van der Waals surface area contributed by atoms with Crippen molar-refractivity contribution in [3.05, 3.63) is 186 Å². The molecule has 3 heterocycles. The van der Waals surface area contributed by atoms with Crippen molar-refractivity contribution in [2.45, 2.75) is 19.3 Å². The summed E-state index contributed by atoms with van der Waals surface area (Å²) in [5.41, 5.74) is 8.62. The van der Waals surface area contributed by atoms with Crippen LogP contribution in [0.15, 0.2) is 167 Å². The van der Waals surface area contributed by atoms with Crippen LogP contribution in [0, 0.1) is 0 Å². The van der Waals surface area contributed by atoms with Gasteiger partial charge in [0.25, 0.3) is 0 Å². The molecule has 1 atom stereocenters. The van der Waals surface area contributed by atoms with Crippen LogP contribution in [0.2, 0.25) is 0 Å². The fraction of sp³-hybridized carbons (Fsp3) is 0.0625. The zero-order valence-electron chi connectivity index (χ0n) is 29.0. The fourth-order valence-corrected chi connectivity index (χ4v) is 7.65. The predicted octanol–water partition coefficient (Wildman–Crippen LogP) is 12.6. The highest BCUT2D eigenvalue weighted by atomic mass is 16.3. The van der Waals surface area contributed by atoms with Crippen LogP contribution in [0.3, 0.4) is 0 Å². The smallest absolute Gasteiger partial charge is 0.164 e. The van der Waals surface area contributed by atoms with E-state index < -0.39 is 0 Å². The van der Waals surface area contributed by atoms with Crippen molar-refractivity contribution >= 4 is 55.3 Å². The summed E-state index contributed by atoms with van der Waals surface area (Å²) in [6, 6.07) is 46.0. The van der Waals surface area contributed by atoms with Crippen molar-refractivity contribution in [3.8, 4) is 22.8 Å². The van der Waals surface area contributed by atoms with Crippen molar-refractivity contribution in [1.29, 1.82) is 0 Å². The SMILES string of the molecule is C/C=C\C=C/c1ccc(-c2nc(C3=CCC(c4cccc5c4oc4cc6ccccc6cc45)c4oc5ccccc5c43)nc(-c3ccccc3)n2)cc1. The number of hydrogen-bond acceptors (Lipinski definition) is 5. The molecule has 1 aliphatic carbocycles. The van der Waals surface area contributed by atoms with Crippen LogP contribution in [0.25, 0.3) is 78.1 Å². The summed E-state index contributed by atoms with van der Waals surface area (Å²) in [5.74, 6) is 2.68. The third-order valence-electron chi connectivity index (χ3n) is 10.2. The molecular weight excluding hydrogens is 651 g/mol. The van der Waals surface area contributed by atoms with Gasteiger partial charge in [0, 0.05) is 49.9 Å². The number of aromatic nitrogens is 3. The van der Waals surface area contributed by atoms with Gasteiger partial charge in [-0.05, 0) is 47.9 Å². The quantitative estimate of drug-likeness (QED) is 0.163. The maximum atomic E-state index is 6.81. The van der Waals surface area contributed by atoms with E-state index in [4.69, 9.17) is 23.8 Å². The zero-order chi connectivity index (χ0) is 35.3. The third-order valence-corrected chi connectivity index (χ3v) is 10.2. The lowest BCUT2D eigenvalue weighted by atomic mass is 9.82. The predicted molar refractivity (Wildman–Crippen MR) is 216 cm³/mol. The van der Waals surface area contributed by atoms with E-state index in [0.717, 1.165) is 77.4 Å². The molecule has 0 amide bonds. The number of furan rings is 2. The lowest BCUT2D eigenvalue weighted by Crippen LogP contribution is -2.10. The Morgan fingerprint density at radius 2 is 1.28 bits per heavy atom. The monoisotopic (exact) mass is 683 g/mol. The van der Waals surface area contributed by atoms with E-state index in [0.29, 0.717) is 23.9 Å². The van der Waals surface area contributed by atoms with Gasteiger partial charge in [-0.25, -0.2) is 15.0 Å². The third kappa shape index (κ3) is 5.37. The summed E-state index contributed by atoms with van der Waals surface area (Å²) < 4.78 is 13.5. The molecule has 0 radical (unpaired) electrons. The van der Waals surface area contributed by atoms with Crippen LogP contribution in [0.4, 0.5) is 0 Å². The minimum atomic E-state index is -0.0714. The molecule has 0 spiro atoms. The highest BCUT2D eigenvalue weighted by Gasteiger charge is 2.33. The molecule has 5 heteroatoms. The Labute approximate surface area is 306 Å². The first-order valence-electron chi connectivity index (χ1n) is 18.0. The van der Waals surface area contributed by atoms with Gasteiger partial charge in [0.1, 0.15) is 22.5 Å². The van der Waals surface area contributed by atoms with Crippen molar-refractivity contribution in [3.63, 3.8) is 0 Å². The number of allylic oxidation sites excluding steroid dienone is 4. The van der Waals surface area contributed by atoms with Gasteiger partial charge in [-0.1, -0.05) is 146 Å². The number of hydrogen-bond donors (Lipinski definition) is 0. The average molecular weight is 684 g/mol. The Hall–Kier alpha value is -6.85. The van der Waals surface area contributed by atoms with Crippen LogP contribution in [-0.4, -0.2) is 15.0 Å². The lowest BCUT2D eigenvalue weighted by molar-refractivity contribution is 0.513. The molecule has 1 aliphatic rings. The molecule has 0 fully saturated rings. The average Bonchev–Trinajstić information content (AvgIpc) is 3.79. The summed E-state index contributed by atoms with van der Waals surface area (Å²) in [6.07, 6.45) is 11.1. The molecule has 0 N–H and O–H groups in total. The molecule has 0 saturated carbocycles. The number of nitrogens with zero attached hydrogens (tertiary/aromatic N) is 3.